The van der Waals surface area contributed by atoms with Crippen LogP contribution in [0.4, 0.5) is 0 Å². The van der Waals surface area contributed by atoms with Crippen LogP contribution in [0.5, 0.6) is 11.5 Å². The standard InChI is InChI=1S/C15H15ClO2S/c16-10-12(17)11-19-15-8-6-14(7-9-15)18-13-4-2-1-3-5-13/h1-9,12,17H,10-11H2/t12-/m1/s1. The van der Waals surface area contributed by atoms with Gasteiger partial charge < -0.3 is 9.84 Å². The number of benzene rings is 2. The van der Waals surface area contributed by atoms with Crippen molar-refractivity contribution in [2.24, 2.45) is 0 Å². The smallest absolute Gasteiger partial charge is 0.127 e. The number of hydrogen-bond acceptors (Lipinski definition) is 3. The normalized spacial score (nSPS) is 12.1. The van der Waals surface area contributed by atoms with Gasteiger partial charge in [-0.1, -0.05) is 18.2 Å². The van der Waals surface area contributed by atoms with Crippen molar-refractivity contribution in [3.05, 3.63) is 54.6 Å². The average molecular weight is 295 g/mol. The second-order valence-electron chi connectivity index (χ2n) is 4.01. The predicted molar refractivity (Wildman–Crippen MR) is 80.4 cm³/mol. The van der Waals surface area contributed by atoms with Gasteiger partial charge >= 0.3 is 0 Å². The molecule has 0 amide bonds. The van der Waals surface area contributed by atoms with Crippen LogP contribution in [0.3, 0.4) is 0 Å². The lowest BCUT2D eigenvalue weighted by molar-refractivity contribution is 0.223. The van der Waals surface area contributed by atoms with Crippen LogP contribution in [0.15, 0.2) is 59.5 Å². The van der Waals surface area contributed by atoms with Gasteiger partial charge in [0.2, 0.25) is 0 Å². The van der Waals surface area contributed by atoms with Gasteiger partial charge in [0, 0.05) is 16.5 Å². The summed E-state index contributed by atoms with van der Waals surface area (Å²) >= 11 is 7.13. The topological polar surface area (TPSA) is 29.5 Å². The minimum Gasteiger partial charge on any atom is -0.457 e. The summed E-state index contributed by atoms with van der Waals surface area (Å²) in [5.74, 6) is 2.49. The molecule has 2 nitrogen and oxygen atoms in total. The fraction of sp³-hybridized carbons (Fsp3) is 0.200. The summed E-state index contributed by atoms with van der Waals surface area (Å²) in [7, 11) is 0. The third-order valence-electron chi connectivity index (χ3n) is 2.42. The predicted octanol–water partition coefficient (Wildman–Crippen LogP) is 4.17. The van der Waals surface area contributed by atoms with Crippen LogP contribution in [0.25, 0.3) is 0 Å². The molecule has 2 aromatic carbocycles. The Hall–Kier alpha value is -1.16. The summed E-state index contributed by atoms with van der Waals surface area (Å²) in [6.07, 6.45) is -0.466. The van der Waals surface area contributed by atoms with Gasteiger partial charge in [-0.2, -0.15) is 0 Å². The number of aliphatic hydroxyl groups is 1. The van der Waals surface area contributed by atoms with Crippen LogP contribution in [0.2, 0.25) is 0 Å². The average Bonchev–Trinajstić information content (AvgIpc) is 2.47. The van der Waals surface area contributed by atoms with Crippen LogP contribution < -0.4 is 4.74 Å². The number of para-hydroxylation sites is 1. The molecule has 19 heavy (non-hydrogen) atoms. The molecule has 0 bridgehead atoms. The van der Waals surface area contributed by atoms with E-state index in [-0.39, 0.29) is 5.88 Å². The molecule has 0 aromatic heterocycles. The van der Waals surface area contributed by atoms with Gasteiger partial charge in [-0.25, -0.2) is 0 Å². The van der Waals surface area contributed by atoms with Crippen LogP contribution >= 0.6 is 23.4 Å². The van der Waals surface area contributed by atoms with Gasteiger partial charge in [0.05, 0.1) is 6.10 Å². The van der Waals surface area contributed by atoms with Crippen LogP contribution in [0, 0.1) is 0 Å². The second kappa shape index (κ2) is 7.43. The summed E-state index contributed by atoms with van der Waals surface area (Å²) < 4.78 is 5.70. The third kappa shape index (κ3) is 4.78. The molecule has 0 fully saturated rings. The van der Waals surface area contributed by atoms with E-state index in [0.29, 0.717) is 5.75 Å². The van der Waals surface area contributed by atoms with Crippen molar-refractivity contribution in [1.82, 2.24) is 0 Å². The van der Waals surface area contributed by atoms with Crippen molar-refractivity contribution in [3.63, 3.8) is 0 Å². The van der Waals surface area contributed by atoms with Gasteiger partial charge in [-0.15, -0.1) is 23.4 Å². The molecule has 1 atom stereocenters. The minimum absolute atomic E-state index is 0.266. The van der Waals surface area contributed by atoms with Crippen LogP contribution in [0.1, 0.15) is 0 Å². The molecule has 0 aliphatic rings. The van der Waals surface area contributed by atoms with E-state index in [1.54, 1.807) is 11.8 Å². The van der Waals surface area contributed by atoms with E-state index in [2.05, 4.69) is 0 Å². The molecule has 0 saturated heterocycles. The molecule has 100 valence electrons. The fourth-order valence-corrected chi connectivity index (χ4v) is 2.54. The zero-order valence-corrected chi connectivity index (χ0v) is 11.9. The van der Waals surface area contributed by atoms with Gasteiger partial charge in [0.1, 0.15) is 11.5 Å². The summed E-state index contributed by atoms with van der Waals surface area (Å²) in [6, 6.07) is 17.5. The van der Waals surface area contributed by atoms with E-state index in [1.807, 2.05) is 54.6 Å². The molecule has 0 aliphatic carbocycles. The highest BCUT2D eigenvalue weighted by atomic mass is 35.5. The Morgan fingerprint density at radius 3 is 2.26 bits per heavy atom. The Labute approximate surface area is 122 Å². The fourth-order valence-electron chi connectivity index (χ4n) is 1.47. The van der Waals surface area contributed by atoms with Crippen molar-refractivity contribution >= 4 is 23.4 Å². The van der Waals surface area contributed by atoms with Gasteiger partial charge in [-0.3, -0.25) is 0 Å². The Morgan fingerprint density at radius 1 is 1.00 bits per heavy atom. The molecular formula is C15H15ClO2S. The SMILES string of the molecule is O[C@H](CCl)CSc1ccc(Oc2ccccc2)cc1. The monoisotopic (exact) mass is 294 g/mol. The van der Waals surface area contributed by atoms with E-state index in [0.717, 1.165) is 16.4 Å². The largest absolute Gasteiger partial charge is 0.457 e. The number of alkyl halides is 1. The van der Waals surface area contributed by atoms with Gasteiger partial charge in [0.25, 0.3) is 0 Å². The Kier molecular flexibility index (Phi) is 5.58. The lowest BCUT2D eigenvalue weighted by Crippen LogP contribution is -2.10. The molecule has 4 heteroatoms. The third-order valence-corrected chi connectivity index (χ3v) is 3.94. The summed E-state index contributed by atoms with van der Waals surface area (Å²) in [4.78, 5) is 1.09. The lowest BCUT2D eigenvalue weighted by Gasteiger charge is -2.08. The number of thioether (sulfide) groups is 1. The first-order valence-electron chi connectivity index (χ1n) is 5.98. The number of ether oxygens (including phenoxy) is 1. The van der Waals surface area contributed by atoms with Gasteiger partial charge in [-0.05, 0) is 36.4 Å². The van der Waals surface area contributed by atoms with E-state index >= 15 is 0 Å². The zero-order chi connectivity index (χ0) is 13.5. The van der Waals surface area contributed by atoms with E-state index in [4.69, 9.17) is 16.3 Å². The molecule has 0 heterocycles. The van der Waals surface area contributed by atoms with Crippen molar-refractivity contribution in [3.8, 4) is 11.5 Å². The van der Waals surface area contributed by atoms with E-state index in [9.17, 15) is 5.11 Å². The maximum atomic E-state index is 9.39. The minimum atomic E-state index is -0.466. The van der Waals surface area contributed by atoms with Crippen molar-refractivity contribution in [2.45, 2.75) is 11.0 Å². The molecule has 0 radical (unpaired) electrons. The molecule has 2 rings (SSSR count). The van der Waals surface area contributed by atoms with Crippen molar-refractivity contribution < 1.29 is 9.84 Å². The second-order valence-corrected chi connectivity index (χ2v) is 5.41. The number of hydrogen-bond donors (Lipinski definition) is 1. The van der Waals surface area contributed by atoms with Crippen molar-refractivity contribution in [1.29, 1.82) is 0 Å². The van der Waals surface area contributed by atoms with E-state index < -0.39 is 6.10 Å². The highest BCUT2D eigenvalue weighted by Crippen LogP contribution is 2.25. The Balaban J connectivity index is 1.91. The lowest BCUT2D eigenvalue weighted by atomic mass is 10.3. The Morgan fingerprint density at radius 2 is 1.63 bits per heavy atom. The van der Waals surface area contributed by atoms with Crippen LogP contribution in [-0.4, -0.2) is 22.8 Å². The molecule has 1 N–H and O–H groups in total. The summed E-state index contributed by atoms with van der Waals surface area (Å²) in [5, 5.41) is 9.39. The highest BCUT2D eigenvalue weighted by Gasteiger charge is 2.03. The molecule has 0 aliphatic heterocycles. The highest BCUT2D eigenvalue weighted by molar-refractivity contribution is 7.99. The number of aliphatic hydroxyl groups excluding tert-OH is 1. The van der Waals surface area contributed by atoms with Crippen LogP contribution in [-0.2, 0) is 0 Å². The summed E-state index contributed by atoms with van der Waals surface area (Å²) in [5.41, 5.74) is 0. The number of rotatable bonds is 6. The van der Waals surface area contributed by atoms with E-state index in [1.165, 1.54) is 0 Å². The quantitative estimate of drug-likeness (QED) is 0.640. The molecule has 0 unspecified atom stereocenters. The molecular weight excluding hydrogens is 280 g/mol. The molecule has 2 aromatic rings. The molecule has 0 saturated carbocycles. The summed E-state index contributed by atoms with van der Waals surface area (Å²) in [6.45, 7) is 0. The maximum Gasteiger partial charge on any atom is 0.127 e. The zero-order valence-electron chi connectivity index (χ0n) is 10.3. The van der Waals surface area contributed by atoms with Crippen molar-refractivity contribution in [2.75, 3.05) is 11.6 Å². The van der Waals surface area contributed by atoms with Gasteiger partial charge in [0.15, 0.2) is 0 Å². The Bertz CT molecular complexity index is 487. The first-order valence-corrected chi connectivity index (χ1v) is 7.50. The maximum absolute atomic E-state index is 9.39. The first-order chi connectivity index (χ1) is 9.28. The number of halogens is 1. The molecule has 0 spiro atoms. The first kappa shape index (κ1) is 14.3.